The summed E-state index contributed by atoms with van der Waals surface area (Å²) >= 11 is 6.39. The molecule has 9 nitrogen and oxygen atoms in total. The molecule has 2 aromatic carbocycles. The molecule has 2 bridgehead atoms. The number of fused-ring (bicyclic) bond motifs is 4. The highest BCUT2D eigenvalue weighted by atomic mass is 35.5. The summed E-state index contributed by atoms with van der Waals surface area (Å²) in [6.07, 6.45) is 7.91. The number of hydrogen-bond donors (Lipinski definition) is 2. The van der Waals surface area contributed by atoms with Gasteiger partial charge in [-0.15, -0.1) is 0 Å². The first-order valence-electron chi connectivity index (χ1n) is 15.9. The van der Waals surface area contributed by atoms with Gasteiger partial charge in [-0.2, -0.15) is 0 Å². The van der Waals surface area contributed by atoms with E-state index in [-0.39, 0.29) is 41.6 Å². The normalized spacial score (nSPS) is 30.0. The lowest BCUT2D eigenvalue weighted by Gasteiger charge is -2.45. The number of aliphatic hydroxyl groups excluding tert-OH is 1. The van der Waals surface area contributed by atoms with Crippen molar-refractivity contribution in [1.82, 2.24) is 9.62 Å². The zero-order valence-electron chi connectivity index (χ0n) is 25.9. The predicted octanol–water partition coefficient (Wildman–Crippen LogP) is 4.46. The Labute approximate surface area is 270 Å². The van der Waals surface area contributed by atoms with Gasteiger partial charge >= 0.3 is 0 Å². The molecule has 1 saturated carbocycles. The summed E-state index contributed by atoms with van der Waals surface area (Å²) in [5.41, 5.74) is 3.10. The van der Waals surface area contributed by atoms with Crippen LogP contribution in [0.2, 0.25) is 5.02 Å². The highest BCUT2D eigenvalue weighted by molar-refractivity contribution is 7.90. The molecule has 0 aromatic heterocycles. The smallest absolute Gasteiger partial charge is 0.264 e. The second kappa shape index (κ2) is 12.6. The Morgan fingerprint density at radius 2 is 2.00 bits per heavy atom. The van der Waals surface area contributed by atoms with E-state index in [1.807, 2.05) is 6.07 Å². The lowest BCUT2D eigenvalue weighted by Crippen LogP contribution is -2.49. The van der Waals surface area contributed by atoms with Crippen molar-refractivity contribution in [3.05, 3.63) is 70.3 Å². The van der Waals surface area contributed by atoms with E-state index in [9.17, 15) is 23.1 Å². The van der Waals surface area contributed by atoms with Crippen LogP contribution in [0.15, 0.2) is 48.6 Å². The summed E-state index contributed by atoms with van der Waals surface area (Å²) in [4.78, 5) is 29.7. The van der Waals surface area contributed by atoms with Crippen LogP contribution in [0, 0.1) is 11.8 Å². The molecule has 0 saturated heterocycles. The minimum absolute atomic E-state index is 0.0662. The number of hydrogen-bond acceptors (Lipinski definition) is 7. The maximum Gasteiger partial charge on any atom is 0.264 e. The third kappa shape index (κ3) is 6.46. The van der Waals surface area contributed by atoms with Crippen molar-refractivity contribution in [2.75, 3.05) is 38.7 Å². The van der Waals surface area contributed by atoms with E-state index >= 15 is 0 Å². The topological polar surface area (TPSA) is 116 Å². The second-order valence-corrected chi connectivity index (χ2v) is 15.8. The van der Waals surface area contributed by atoms with E-state index in [4.69, 9.17) is 16.3 Å². The second-order valence-electron chi connectivity index (χ2n) is 13.4. The van der Waals surface area contributed by atoms with Gasteiger partial charge in [0.1, 0.15) is 5.75 Å². The lowest BCUT2D eigenvalue weighted by atomic mass is 9.68. The van der Waals surface area contributed by atoms with Crippen molar-refractivity contribution in [3.8, 4) is 5.75 Å². The monoisotopic (exact) mass is 655 g/mol. The van der Waals surface area contributed by atoms with Gasteiger partial charge < -0.3 is 19.6 Å². The molecule has 2 aliphatic carbocycles. The molecule has 1 fully saturated rings. The number of benzene rings is 2. The summed E-state index contributed by atoms with van der Waals surface area (Å²) in [5.74, 6) is -0.143. The fourth-order valence-electron chi connectivity index (χ4n) is 7.49. The Morgan fingerprint density at radius 3 is 2.76 bits per heavy atom. The Bertz CT molecular complexity index is 1610. The van der Waals surface area contributed by atoms with Gasteiger partial charge in [0.15, 0.2) is 0 Å². The van der Waals surface area contributed by atoms with Crippen molar-refractivity contribution in [1.29, 1.82) is 0 Å². The Kier molecular flexibility index (Phi) is 8.93. The van der Waals surface area contributed by atoms with Crippen molar-refractivity contribution in [2.45, 2.75) is 68.1 Å². The van der Waals surface area contributed by atoms with Gasteiger partial charge in [-0.25, -0.2) is 13.1 Å². The van der Waals surface area contributed by atoms with Crippen molar-refractivity contribution < 1.29 is 27.9 Å². The molecule has 6 rings (SSSR count). The summed E-state index contributed by atoms with van der Waals surface area (Å²) in [6, 6.07) is 11.2. The van der Waals surface area contributed by atoms with Gasteiger partial charge in [0.25, 0.3) is 5.91 Å². The molecule has 2 aromatic rings. The van der Waals surface area contributed by atoms with Gasteiger partial charge in [-0.3, -0.25) is 9.59 Å². The van der Waals surface area contributed by atoms with E-state index < -0.39 is 27.3 Å². The first-order chi connectivity index (χ1) is 21.5. The summed E-state index contributed by atoms with van der Waals surface area (Å²) < 4.78 is 35.8. The van der Waals surface area contributed by atoms with E-state index in [2.05, 4.69) is 21.8 Å². The van der Waals surface area contributed by atoms with Crippen molar-refractivity contribution in [2.24, 2.45) is 11.8 Å². The Morgan fingerprint density at radius 1 is 1.18 bits per heavy atom. The highest BCUT2D eigenvalue weighted by Crippen LogP contribution is 2.46. The number of rotatable bonds is 2. The largest absolute Gasteiger partial charge is 0.490 e. The van der Waals surface area contributed by atoms with Crippen LogP contribution < -0.4 is 14.4 Å². The van der Waals surface area contributed by atoms with Crippen molar-refractivity contribution >= 4 is 39.1 Å². The molecular weight excluding hydrogens is 614 g/mol. The molecule has 2 aliphatic heterocycles. The minimum Gasteiger partial charge on any atom is -0.490 e. The number of aliphatic hydroxyl groups is 1. The van der Waals surface area contributed by atoms with Crippen LogP contribution in [0.3, 0.4) is 0 Å². The molecule has 0 unspecified atom stereocenters. The van der Waals surface area contributed by atoms with Crippen LogP contribution >= 0.6 is 11.6 Å². The maximum absolute atomic E-state index is 13.5. The minimum atomic E-state index is -4.20. The number of amides is 2. The molecule has 2 amide bonds. The maximum atomic E-state index is 13.5. The predicted molar refractivity (Wildman–Crippen MR) is 174 cm³/mol. The molecule has 1 spiro atoms. The van der Waals surface area contributed by atoms with Crippen LogP contribution in [0.1, 0.15) is 66.4 Å². The number of nitrogens with zero attached hydrogens (tertiary/aromatic N) is 2. The molecule has 45 heavy (non-hydrogen) atoms. The van der Waals surface area contributed by atoms with Gasteiger partial charge in [0.2, 0.25) is 15.9 Å². The number of carbonyl (C=O) groups excluding carboxylic acids is 2. The van der Waals surface area contributed by atoms with Gasteiger partial charge in [0.05, 0.1) is 23.6 Å². The van der Waals surface area contributed by atoms with E-state index in [1.54, 1.807) is 44.4 Å². The SMILES string of the molecule is CN(C)C(=O)C[C@@H]1CC/C=C\[C@H](O)[C@@H]2CC[C@H]2CN2C[C@@]3(CCCc4cc(Cl)ccc43)COc3ccc(cc32)C(=O)NS1(=O)=O. The van der Waals surface area contributed by atoms with Gasteiger partial charge in [0, 0.05) is 49.6 Å². The van der Waals surface area contributed by atoms with Crippen molar-refractivity contribution in [3.63, 3.8) is 0 Å². The van der Waals surface area contributed by atoms with Crippen LogP contribution in [-0.4, -0.2) is 75.4 Å². The van der Waals surface area contributed by atoms with E-state index in [0.717, 1.165) is 37.8 Å². The molecule has 2 N–H and O–H groups in total. The number of allylic oxidation sites excluding steroid dienone is 1. The average molecular weight is 656 g/mol. The molecule has 2 heterocycles. The number of aryl methyl sites for hydroxylation is 1. The van der Waals surface area contributed by atoms with Gasteiger partial charge in [-0.05, 0) is 98.2 Å². The Hall–Kier alpha value is -3.08. The third-order valence-corrected chi connectivity index (χ3v) is 12.2. The highest BCUT2D eigenvalue weighted by Gasteiger charge is 2.44. The average Bonchev–Trinajstić information content (AvgIpc) is 3.12. The Balaban J connectivity index is 1.39. The van der Waals surface area contributed by atoms with Crippen LogP contribution in [0.4, 0.5) is 5.69 Å². The zero-order chi connectivity index (χ0) is 31.9. The zero-order valence-corrected chi connectivity index (χ0v) is 27.4. The molecular formula is C34H42ClN3O6S. The summed E-state index contributed by atoms with van der Waals surface area (Å²) in [6.45, 7) is 1.79. The third-order valence-electron chi connectivity index (χ3n) is 10.2. The van der Waals surface area contributed by atoms with Crippen LogP contribution in [0.5, 0.6) is 5.75 Å². The summed E-state index contributed by atoms with van der Waals surface area (Å²) in [7, 11) is -1.05. The fourth-order valence-corrected chi connectivity index (χ4v) is 9.03. The van der Waals surface area contributed by atoms with E-state index in [1.165, 1.54) is 16.0 Å². The molecule has 5 atom stereocenters. The number of anilines is 1. The number of nitrogens with one attached hydrogen (secondary N) is 1. The first kappa shape index (κ1) is 31.9. The van der Waals surface area contributed by atoms with Crippen LogP contribution in [0.25, 0.3) is 0 Å². The quantitative estimate of drug-likeness (QED) is 0.459. The standard InChI is InChI=1S/C34H42ClN3O6S/c1-37(2)32(40)18-26-7-3-4-8-30(39)27-12-9-24(27)19-38-20-34(15-5-6-22-16-25(35)11-13-28(22)34)21-44-31-14-10-23(17-29(31)38)33(41)36-45(26,42)43/h4,8,10-11,13-14,16-17,24,26-27,30,39H,3,5-7,9,12,15,18-21H2,1-2H3,(H,36,41)/b8-4-/t24-,26-,27+,30-,34-/m0/s1. The van der Waals surface area contributed by atoms with Crippen LogP contribution in [-0.2, 0) is 26.7 Å². The summed E-state index contributed by atoms with van der Waals surface area (Å²) in [5, 5.41) is 10.8. The number of ether oxygens (including phenoxy) is 1. The molecule has 0 radical (unpaired) electrons. The number of sulfonamides is 1. The molecule has 11 heteroatoms. The molecule has 242 valence electrons. The fraction of sp³-hybridized carbons (Fsp3) is 0.529. The van der Waals surface area contributed by atoms with Gasteiger partial charge in [-0.1, -0.05) is 29.8 Å². The number of carbonyl (C=O) groups is 2. The lowest BCUT2D eigenvalue weighted by molar-refractivity contribution is -0.128. The van der Waals surface area contributed by atoms with E-state index in [0.29, 0.717) is 36.9 Å². The molecule has 4 aliphatic rings. The number of halogens is 1. The first-order valence-corrected chi connectivity index (χ1v) is 17.8.